The van der Waals surface area contributed by atoms with E-state index in [1.54, 1.807) is 6.07 Å². The average molecular weight is 278 g/mol. The summed E-state index contributed by atoms with van der Waals surface area (Å²) < 4.78 is 4.77. The fourth-order valence-electron chi connectivity index (χ4n) is 1.16. The van der Waals surface area contributed by atoms with Gasteiger partial charge in [0, 0.05) is 0 Å². The summed E-state index contributed by atoms with van der Waals surface area (Å²) >= 11 is 0. The summed E-state index contributed by atoms with van der Waals surface area (Å²) in [7, 11) is 0. The van der Waals surface area contributed by atoms with Gasteiger partial charge in [0.15, 0.2) is 5.60 Å². The van der Waals surface area contributed by atoms with E-state index in [-0.39, 0.29) is 13.0 Å². The minimum absolute atomic E-state index is 0.158. The minimum Gasteiger partial charge on any atom is -0.481 e. The first-order chi connectivity index (χ1) is 8.84. The summed E-state index contributed by atoms with van der Waals surface area (Å²) in [5.41, 5.74) is -2.34. The average Bonchev–Trinajstić information content (AvgIpc) is 2.29. The highest BCUT2D eigenvalue weighted by atomic mass is 16.5. The van der Waals surface area contributed by atoms with Crippen molar-refractivity contribution in [3.63, 3.8) is 0 Å². The first-order valence-corrected chi connectivity index (χ1v) is 4.78. The number of hydrogen-bond donors (Lipinski definition) is 5. The highest BCUT2D eigenvalue weighted by Crippen LogP contribution is 2.22. The molecule has 0 fully saturated rings. The maximum Gasteiger partial charge on any atom is 0.337 e. The molecule has 0 aliphatic heterocycles. The molecule has 0 heterocycles. The Balaban J connectivity index is 0. The van der Waals surface area contributed by atoms with Crippen molar-refractivity contribution in [3.8, 4) is 6.07 Å². The number of ether oxygens (including phenoxy) is 1. The summed E-state index contributed by atoms with van der Waals surface area (Å²) in [5, 5.41) is 40.8. The lowest BCUT2D eigenvalue weighted by Gasteiger charge is -2.25. The lowest BCUT2D eigenvalue weighted by molar-refractivity contribution is -0.178. The summed E-state index contributed by atoms with van der Waals surface area (Å²) in [6.45, 7) is -0.344. The van der Waals surface area contributed by atoms with Crippen molar-refractivity contribution in [3.05, 3.63) is 0 Å². The molecule has 0 radical (unpaired) electrons. The molecular weight excluding hydrogens is 264 g/mol. The Morgan fingerprint density at radius 1 is 1.11 bits per heavy atom. The van der Waals surface area contributed by atoms with Crippen LogP contribution in [-0.2, 0) is 19.1 Å². The Hall–Kier alpha value is -2.22. The van der Waals surface area contributed by atoms with E-state index in [9.17, 15) is 14.4 Å². The molecule has 19 heavy (non-hydrogen) atoms. The third-order valence-electron chi connectivity index (χ3n) is 1.86. The highest BCUT2D eigenvalue weighted by Gasteiger charge is 2.44. The number of nitrogens with zero attached hydrogens (tertiary/aromatic N) is 1. The predicted octanol–water partition coefficient (Wildman–Crippen LogP) is -0.976. The first-order valence-electron chi connectivity index (χ1n) is 4.78. The third-order valence-corrected chi connectivity index (χ3v) is 1.86. The zero-order chi connectivity index (χ0) is 15.5. The molecule has 0 bridgehead atoms. The molecule has 0 aromatic heterocycles. The van der Waals surface area contributed by atoms with Crippen LogP contribution in [0, 0.1) is 11.3 Å². The van der Waals surface area contributed by atoms with E-state index < -0.39 is 36.4 Å². The molecule has 6 N–H and O–H groups in total. The van der Waals surface area contributed by atoms with Crippen molar-refractivity contribution in [2.75, 3.05) is 6.61 Å². The minimum atomic E-state index is -2.34. The number of nitriles is 1. The number of carboxylic acid groups (broad SMARTS) is 3. The number of rotatable bonds is 8. The molecule has 0 unspecified atom stereocenters. The van der Waals surface area contributed by atoms with Gasteiger partial charge in [-0.05, 0) is 0 Å². The molecule has 10 nitrogen and oxygen atoms in total. The van der Waals surface area contributed by atoms with E-state index in [1.807, 2.05) is 0 Å². The van der Waals surface area contributed by atoms with E-state index in [4.69, 9.17) is 30.5 Å². The quantitative estimate of drug-likeness (QED) is 0.272. The molecule has 0 aliphatic rings. The maximum atomic E-state index is 11.0. The van der Waals surface area contributed by atoms with Crippen molar-refractivity contribution in [2.45, 2.75) is 24.9 Å². The molecule has 0 saturated carbocycles. The Bertz CT molecular complexity index is 346. The van der Waals surface area contributed by atoms with Crippen molar-refractivity contribution in [1.29, 1.82) is 5.26 Å². The van der Waals surface area contributed by atoms with E-state index in [2.05, 4.69) is 5.90 Å². The van der Waals surface area contributed by atoms with Gasteiger partial charge in [0.05, 0.1) is 31.9 Å². The summed E-state index contributed by atoms with van der Waals surface area (Å²) in [6, 6.07) is 1.67. The number of carbonyl (C=O) groups is 3. The molecule has 108 valence electrons. The van der Waals surface area contributed by atoms with Crippen LogP contribution in [0.2, 0.25) is 0 Å². The van der Waals surface area contributed by atoms with Gasteiger partial charge >= 0.3 is 17.9 Å². The summed E-state index contributed by atoms with van der Waals surface area (Å²) in [6.07, 6.45) is -2.13. The Kier molecular flexibility index (Phi) is 9.84. The molecule has 0 rings (SSSR count). The lowest BCUT2D eigenvalue weighted by atomic mass is 9.95. The van der Waals surface area contributed by atoms with Crippen LogP contribution in [0.5, 0.6) is 0 Å². The van der Waals surface area contributed by atoms with Crippen LogP contribution < -0.4 is 5.90 Å². The van der Waals surface area contributed by atoms with Crippen molar-refractivity contribution in [1.82, 2.24) is 0 Å². The van der Waals surface area contributed by atoms with Crippen molar-refractivity contribution >= 4 is 17.9 Å². The summed E-state index contributed by atoms with van der Waals surface area (Å²) in [5.74, 6) is -1.17. The van der Waals surface area contributed by atoms with Crippen LogP contribution in [0.4, 0.5) is 0 Å². The van der Waals surface area contributed by atoms with Gasteiger partial charge in [0.2, 0.25) is 0 Å². The molecule has 0 spiro atoms. The second kappa shape index (κ2) is 9.77. The number of carboxylic acids is 3. The second-order valence-electron chi connectivity index (χ2n) is 3.20. The van der Waals surface area contributed by atoms with Gasteiger partial charge in [-0.15, -0.1) is 0 Å². The largest absolute Gasteiger partial charge is 0.481 e. The molecule has 0 saturated heterocycles. The van der Waals surface area contributed by atoms with Crippen LogP contribution in [-0.4, -0.2) is 50.6 Å². The van der Waals surface area contributed by atoms with Crippen LogP contribution in [0.3, 0.4) is 0 Å². The third kappa shape index (κ3) is 7.66. The molecule has 0 amide bonds. The Morgan fingerprint density at radius 2 is 1.53 bits per heavy atom. The van der Waals surface area contributed by atoms with E-state index in [1.165, 1.54) is 0 Å². The van der Waals surface area contributed by atoms with E-state index in [0.29, 0.717) is 0 Å². The number of hydrogen-bond acceptors (Lipinski definition) is 7. The summed E-state index contributed by atoms with van der Waals surface area (Å²) in [4.78, 5) is 32.0. The molecular formula is C9H14N2O8. The topological polar surface area (TPSA) is 191 Å². The standard InChI is InChI=1S/C9H11NO7.H3NO/c10-2-1-3-17-9(8(15)16,4-6(11)12)5-7(13)14;1-2/h1,3-5H2,(H,11,12)(H,13,14)(H,15,16);2H,1H2. The zero-order valence-corrected chi connectivity index (χ0v) is 9.77. The van der Waals surface area contributed by atoms with Crippen molar-refractivity contribution < 1.29 is 39.6 Å². The Labute approximate surface area is 107 Å². The van der Waals surface area contributed by atoms with Crippen LogP contribution in [0.25, 0.3) is 0 Å². The fraction of sp³-hybridized carbons (Fsp3) is 0.556. The first kappa shape index (κ1) is 19.1. The highest BCUT2D eigenvalue weighted by molar-refractivity contribution is 5.88. The fourth-order valence-corrected chi connectivity index (χ4v) is 1.16. The smallest absolute Gasteiger partial charge is 0.337 e. The second-order valence-corrected chi connectivity index (χ2v) is 3.20. The van der Waals surface area contributed by atoms with Gasteiger partial charge in [-0.2, -0.15) is 5.26 Å². The van der Waals surface area contributed by atoms with E-state index >= 15 is 0 Å². The number of nitrogens with two attached hydrogens (primary N) is 1. The van der Waals surface area contributed by atoms with Crippen molar-refractivity contribution in [2.24, 2.45) is 5.90 Å². The normalized spacial score (nSPS) is 9.74. The van der Waals surface area contributed by atoms with E-state index in [0.717, 1.165) is 0 Å². The molecule has 0 atom stereocenters. The molecule has 0 aromatic carbocycles. The van der Waals surface area contributed by atoms with Gasteiger partial charge in [-0.25, -0.2) is 10.7 Å². The van der Waals surface area contributed by atoms with Gasteiger partial charge < -0.3 is 25.3 Å². The zero-order valence-electron chi connectivity index (χ0n) is 9.77. The van der Waals surface area contributed by atoms with Gasteiger partial charge in [-0.3, -0.25) is 9.59 Å². The van der Waals surface area contributed by atoms with Crippen LogP contribution in [0.1, 0.15) is 19.3 Å². The molecule has 10 heteroatoms. The predicted molar refractivity (Wildman–Crippen MR) is 57.0 cm³/mol. The van der Waals surface area contributed by atoms with Gasteiger partial charge in [-0.1, -0.05) is 0 Å². The van der Waals surface area contributed by atoms with Crippen LogP contribution in [0.15, 0.2) is 0 Å². The molecule has 0 aromatic rings. The van der Waals surface area contributed by atoms with Gasteiger partial charge in [0.25, 0.3) is 0 Å². The Morgan fingerprint density at radius 3 is 1.79 bits per heavy atom. The molecule has 0 aliphatic carbocycles. The lowest BCUT2D eigenvalue weighted by Crippen LogP contribution is -2.45. The van der Waals surface area contributed by atoms with Gasteiger partial charge in [0.1, 0.15) is 0 Å². The van der Waals surface area contributed by atoms with Crippen LogP contribution >= 0.6 is 0 Å². The maximum absolute atomic E-state index is 11.0. The number of aliphatic carboxylic acids is 3. The SMILES string of the molecule is N#CCCOC(CC(=O)O)(CC(=O)O)C(=O)O.NO. The monoisotopic (exact) mass is 278 g/mol.